The maximum Gasteiger partial charge on any atom is 0.303 e. The lowest BCUT2D eigenvalue weighted by atomic mass is 9.74. The number of aliphatic hydroxyl groups excluding tert-OH is 1. The van der Waals surface area contributed by atoms with Gasteiger partial charge in [0.05, 0.1) is 0 Å². The number of aliphatic hydroxyl groups is 1. The summed E-state index contributed by atoms with van der Waals surface area (Å²) in [6.07, 6.45) is 6.76. The van der Waals surface area contributed by atoms with E-state index in [1.165, 1.54) is 19.3 Å². The van der Waals surface area contributed by atoms with Gasteiger partial charge in [-0.3, -0.25) is 4.79 Å². The van der Waals surface area contributed by atoms with Gasteiger partial charge in [-0.2, -0.15) is 0 Å². The Morgan fingerprint density at radius 1 is 1.25 bits per heavy atom. The topological polar surface area (TPSA) is 69.6 Å². The highest BCUT2D eigenvalue weighted by molar-refractivity contribution is 5.66. The van der Waals surface area contributed by atoms with E-state index in [4.69, 9.17) is 5.11 Å². The van der Waals surface area contributed by atoms with Crippen LogP contribution in [0.2, 0.25) is 0 Å². The van der Waals surface area contributed by atoms with Crippen molar-refractivity contribution >= 4 is 5.97 Å². The van der Waals surface area contributed by atoms with Gasteiger partial charge in [-0.05, 0) is 25.8 Å². The van der Waals surface area contributed by atoms with E-state index in [1.54, 1.807) is 0 Å². The molecule has 0 spiro atoms. The Kier molecular flexibility index (Phi) is 5.77. The van der Waals surface area contributed by atoms with E-state index in [-0.39, 0.29) is 18.4 Å². The van der Waals surface area contributed by atoms with Crippen molar-refractivity contribution in [3.63, 3.8) is 0 Å². The van der Waals surface area contributed by atoms with Gasteiger partial charge in [-0.1, -0.05) is 19.3 Å². The lowest BCUT2D eigenvalue weighted by molar-refractivity contribution is -0.137. The molecule has 0 radical (unpaired) electrons. The number of hydrogen-bond acceptors (Lipinski definition) is 3. The zero-order valence-electron chi connectivity index (χ0n) is 9.87. The van der Waals surface area contributed by atoms with Crippen molar-refractivity contribution in [2.45, 2.75) is 44.9 Å². The van der Waals surface area contributed by atoms with Crippen LogP contribution in [-0.4, -0.2) is 35.9 Å². The molecule has 4 nitrogen and oxygen atoms in total. The van der Waals surface area contributed by atoms with Crippen molar-refractivity contribution in [3.8, 4) is 0 Å². The summed E-state index contributed by atoms with van der Waals surface area (Å²) < 4.78 is 0. The second-order valence-corrected chi connectivity index (χ2v) is 4.89. The normalized spacial score (nSPS) is 19.6. The van der Waals surface area contributed by atoms with Gasteiger partial charge in [0.1, 0.15) is 0 Å². The summed E-state index contributed by atoms with van der Waals surface area (Å²) >= 11 is 0. The molecule has 1 rings (SSSR count). The molecule has 94 valence electrons. The van der Waals surface area contributed by atoms with Crippen LogP contribution in [0.4, 0.5) is 0 Å². The average molecular weight is 229 g/mol. The van der Waals surface area contributed by atoms with E-state index in [9.17, 15) is 9.90 Å². The molecule has 1 aliphatic carbocycles. The Bertz CT molecular complexity index is 212. The minimum absolute atomic E-state index is 0.0570. The zero-order valence-corrected chi connectivity index (χ0v) is 9.87. The fourth-order valence-corrected chi connectivity index (χ4v) is 2.41. The van der Waals surface area contributed by atoms with Crippen LogP contribution in [0.3, 0.4) is 0 Å². The third-order valence-electron chi connectivity index (χ3n) is 3.49. The van der Waals surface area contributed by atoms with Gasteiger partial charge >= 0.3 is 5.97 Å². The van der Waals surface area contributed by atoms with Crippen molar-refractivity contribution in [1.82, 2.24) is 5.32 Å². The van der Waals surface area contributed by atoms with Gasteiger partial charge < -0.3 is 15.5 Å². The summed E-state index contributed by atoms with van der Waals surface area (Å²) in [6.45, 7) is 1.80. The van der Waals surface area contributed by atoms with Gasteiger partial charge in [0.25, 0.3) is 0 Å². The zero-order chi connectivity index (χ0) is 11.9. The maximum absolute atomic E-state index is 10.3. The van der Waals surface area contributed by atoms with Gasteiger partial charge in [0.15, 0.2) is 0 Å². The molecule has 1 saturated carbocycles. The smallest absolute Gasteiger partial charge is 0.303 e. The number of hydrogen-bond donors (Lipinski definition) is 3. The van der Waals surface area contributed by atoms with Crippen LogP contribution in [0.1, 0.15) is 44.9 Å². The summed E-state index contributed by atoms with van der Waals surface area (Å²) in [6, 6.07) is 0. The largest absolute Gasteiger partial charge is 0.481 e. The van der Waals surface area contributed by atoms with Crippen molar-refractivity contribution in [1.29, 1.82) is 0 Å². The lowest BCUT2D eigenvalue weighted by Crippen LogP contribution is -2.39. The van der Waals surface area contributed by atoms with Crippen molar-refractivity contribution in [2.75, 3.05) is 19.7 Å². The standard InChI is InChI=1S/C12H23NO3/c14-10-12(6-2-1-3-7-12)9-13-8-4-5-11(15)16/h13-14H,1-10H2,(H,15,16). The number of nitrogens with one attached hydrogen (secondary N) is 1. The maximum atomic E-state index is 10.3. The van der Waals surface area contributed by atoms with E-state index in [1.807, 2.05) is 0 Å². The van der Waals surface area contributed by atoms with Crippen LogP contribution >= 0.6 is 0 Å². The molecule has 0 aromatic rings. The molecule has 1 fully saturated rings. The molecular formula is C12H23NO3. The average Bonchev–Trinajstić information content (AvgIpc) is 2.29. The SMILES string of the molecule is O=C(O)CCCNCC1(CO)CCCCC1. The fraction of sp³-hybridized carbons (Fsp3) is 0.917. The van der Waals surface area contributed by atoms with Gasteiger partial charge in [0.2, 0.25) is 0 Å². The molecule has 3 N–H and O–H groups in total. The minimum atomic E-state index is -0.740. The van der Waals surface area contributed by atoms with Crippen LogP contribution < -0.4 is 5.32 Å². The molecule has 16 heavy (non-hydrogen) atoms. The minimum Gasteiger partial charge on any atom is -0.481 e. The van der Waals surface area contributed by atoms with Crippen molar-refractivity contribution in [3.05, 3.63) is 0 Å². The molecule has 4 heteroatoms. The summed E-state index contributed by atoms with van der Waals surface area (Å²) in [5.41, 5.74) is 0.0570. The van der Waals surface area contributed by atoms with Crippen molar-refractivity contribution in [2.24, 2.45) is 5.41 Å². The van der Waals surface area contributed by atoms with Crippen molar-refractivity contribution < 1.29 is 15.0 Å². The first kappa shape index (κ1) is 13.5. The van der Waals surface area contributed by atoms with Gasteiger partial charge in [-0.25, -0.2) is 0 Å². The quantitative estimate of drug-likeness (QED) is 0.577. The molecule has 0 bridgehead atoms. The fourth-order valence-electron chi connectivity index (χ4n) is 2.41. The van der Waals surface area contributed by atoms with Crippen LogP contribution in [0.5, 0.6) is 0 Å². The molecule has 0 aromatic heterocycles. The highest BCUT2D eigenvalue weighted by Gasteiger charge is 2.30. The van der Waals surface area contributed by atoms with E-state index in [2.05, 4.69) is 5.32 Å². The lowest BCUT2D eigenvalue weighted by Gasteiger charge is -2.35. The van der Waals surface area contributed by atoms with Crippen LogP contribution in [-0.2, 0) is 4.79 Å². The number of aliphatic carboxylic acids is 1. The second kappa shape index (κ2) is 6.86. The first-order valence-electron chi connectivity index (χ1n) is 6.22. The van der Waals surface area contributed by atoms with Gasteiger partial charge in [-0.15, -0.1) is 0 Å². The van der Waals surface area contributed by atoms with E-state index < -0.39 is 5.97 Å². The Labute approximate surface area is 97.0 Å². The van der Waals surface area contributed by atoms with Crippen LogP contribution in [0.25, 0.3) is 0 Å². The summed E-state index contributed by atoms with van der Waals surface area (Å²) in [4.78, 5) is 10.3. The molecule has 0 aliphatic heterocycles. The summed E-state index contributed by atoms with van der Waals surface area (Å²) in [5, 5.41) is 21.2. The number of rotatable bonds is 7. The number of carboxylic acid groups (broad SMARTS) is 1. The van der Waals surface area contributed by atoms with E-state index in [0.29, 0.717) is 6.42 Å². The molecule has 0 unspecified atom stereocenters. The molecule has 0 atom stereocenters. The predicted octanol–water partition coefficient (Wildman–Crippen LogP) is 1.38. The molecule has 0 saturated heterocycles. The molecule has 1 aliphatic rings. The third kappa shape index (κ3) is 4.49. The monoisotopic (exact) mass is 229 g/mol. The third-order valence-corrected chi connectivity index (χ3v) is 3.49. The van der Waals surface area contributed by atoms with E-state index >= 15 is 0 Å². The molecule has 0 amide bonds. The first-order valence-corrected chi connectivity index (χ1v) is 6.22. The Hall–Kier alpha value is -0.610. The first-order chi connectivity index (χ1) is 7.68. The Morgan fingerprint density at radius 2 is 1.94 bits per heavy atom. The molecule has 0 heterocycles. The van der Waals surface area contributed by atoms with Crippen LogP contribution in [0.15, 0.2) is 0 Å². The van der Waals surface area contributed by atoms with Crippen LogP contribution in [0, 0.1) is 5.41 Å². The highest BCUT2D eigenvalue weighted by atomic mass is 16.4. The number of carboxylic acids is 1. The molecular weight excluding hydrogens is 206 g/mol. The summed E-state index contributed by atoms with van der Waals surface area (Å²) in [5.74, 6) is -0.740. The Balaban J connectivity index is 2.15. The number of carbonyl (C=O) groups is 1. The predicted molar refractivity (Wildman–Crippen MR) is 62.3 cm³/mol. The highest BCUT2D eigenvalue weighted by Crippen LogP contribution is 2.35. The summed E-state index contributed by atoms with van der Waals surface area (Å²) in [7, 11) is 0. The molecule has 0 aromatic carbocycles. The van der Waals surface area contributed by atoms with E-state index in [0.717, 1.165) is 25.9 Å². The van der Waals surface area contributed by atoms with Gasteiger partial charge in [0, 0.05) is 25.0 Å². The Morgan fingerprint density at radius 3 is 2.50 bits per heavy atom. The second-order valence-electron chi connectivity index (χ2n) is 4.89.